The number of hydrogen-bond donors (Lipinski definition) is 0. The molecule has 0 saturated carbocycles. The summed E-state index contributed by atoms with van der Waals surface area (Å²) in [4.78, 5) is 30.5. The second-order valence-electron chi connectivity index (χ2n) is 11.8. The smallest absolute Gasteiger partial charge is 0.242 e. The lowest BCUT2D eigenvalue weighted by atomic mass is 9.87. The normalized spacial score (nSPS) is 20.1. The molecule has 0 bridgehead atoms. The van der Waals surface area contributed by atoms with Crippen molar-refractivity contribution < 1.29 is 19.1 Å². The van der Waals surface area contributed by atoms with Crippen molar-refractivity contribution in [2.75, 3.05) is 37.1 Å². The van der Waals surface area contributed by atoms with E-state index in [-0.39, 0.29) is 41.6 Å². The molecule has 0 spiro atoms. The average Bonchev–Trinajstić information content (AvgIpc) is 3.54. The van der Waals surface area contributed by atoms with Crippen LogP contribution in [-0.4, -0.2) is 58.7 Å². The highest BCUT2D eigenvalue weighted by molar-refractivity contribution is 8.00. The molecule has 194 valence electrons. The Kier molecular flexibility index (Phi) is 6.25. The van der Waals surface area contributed by atoms with Crippen molar-refractivity contribution in [1.82, 2.24) is 14.7 Å². The van der Waals surface area contributed by atoms with Gasteiger partial charge >= 0.3 is 0 Å². The minimum atomic E-state index is -0.392. The number of hydrogen-bond acceptors (Lipinski definition) is 6. The summed E-state index contributed by atoms with van der Waals surface area (Å²) in [5.74, 6) is 2.38. The van der Waals surface area contributed by atoms with Crippen LogP contribution in [0.25, 0.3) is 0 Å². The van der Waals surface area contributed by atoms with Crippen molar-refractivity contribution >= 4 is 29.4 Å². The largest absolute Gasteiger partial charge is 0.454 e. The number of fused-ring (bicyclic) bond motifs is 2. The van der Waals surface area contributed by atoms with Gasteiger partial charge in [-0.05, 0) is 51.3 Å². The van der Waals surface area contributed by atoms with Gasteiger partial charge in [-0.15, -0.1) is 11.8 Å². The fraction of sp³-hybridized carbons (Fsp3) is 0.593. The Balaban J connectivity index is 1.69. The number of amides is 2. The maximum atomic E-state index is 13.7. The van der Waals surface area contributed by atoms with Crippen LogP contribution in [0.5, 0.6) is 11.5 Å². The average molecular weight is 513 g/mol. The minimum absolute atomic E-state index is 0.00250. The summed E-state index contributed by atoms with van der Waals surface area (Å²) in [5, 5.41) is 5.00. The van der Waals surface area contributed by atoms with Gasteiger partial charge in [-0.3, -0.25) is 14.5 Å². The second kappa shape index (κ2) is 9.01. The van der Waals surface area contributed by atoms with Crippen molar-refractivity contribution in [3.05, 3.63) is 35.0 Å². The molecule has 1 saturated heterocycles. The number of carbonyl (C=O) groups excluding carboxylic acids is 2. The number of nitrogens with zero attached hydrogens (tertiary/aromatic N) is 4. The summed E-state index contributed by atoms with van der Waals surface area (Å²) in [6.45, 7) is 14.5. The van der Waals surface area contributed by atoms with Crippen LogP contribution in [0, 0.1) is 0 Å². The van der Waals surface area contributed by atoms with Gasteiger partial charge in [0.05, 0.1) is 22.2 Å². The molecule has 1 aromatic heterocycles. The molecule has 2 aromatic rings. The van der Waals surface area contributed by atoms with E-state index in [0.717, 1.165) is 54.3 Å². The summed E-state index contributed by atoms with van der Waals surface area (Å²) in [6.07, 6.45) is 2.03. The van der Waals surface area contributed by atoms with Gasteiger partial charge in [0.2, 0.25) is 18.6 Å². The first-order valence-electron chi connectivity index (χ1n) is 12.7. The zero-order valence-corrected chi connectivity index (χ0v) is 22.9. The maximum absolute atomic E-state index is 13.7. The zero-order chi connectivity index (χ0) is 25.8. The Morgan fingerprint density at radius 1 is 1.08 bits per heavy atom. The molecule has 1 fully saturated rings. The second-order valence-corrected chi connectivity index (χ2v) is 12.9. The SMILES string of the molecule is CC(C)(C)c1nn(C(C)(C)C)c2c1C(c1ccc3c(c1)OCO3)SCC(=O)N2CC(=O)N1CCCC1. The van der Waals surface area contributed by atoms with Crippen molar-refractivity contribution in [2.24, 2.45) is 0 Å². The third kappa shape index (κ3) is 4.46. The van der Waals surface area contributed by atoms with E-state index in [9.17, 15) is 9.59 Å². The van der Waals surface area contributed by atoms with Crippen LogP contribution in [0.1, 0.15) is 76.5 Å². The lowest BCUT2D eigenvalue weighted by Gasteiger charge is -2.30. The number of thioether (sulfide) groups is 1. The van der Waals surface area contributed by atoms with E-state index in [1.807, 2.05) is 27.8 Å². The van der Waals surface area contributed by atoms with E-state index < -0.39 is 5.54 Å². The molecule has 3 aliphatic heterocycles. The highest BCUT2D eigenvalue weighted by Crippen LogP contribution is 2.50. The topological polar surface area (TPSA) is 76.9 Å². The Labute approximate surface area is 217 Å². The Hall–Kier alpha value is -2.68. The summed E-state index contributed by atoms with van der Waals surface area (Å²) in [6, 6.07) is 6.00. The Morgan fingerprint density at radius 3 is 2.44 bits per heavy atom. The van der Waals surface area contributed by atoms with Crippen molar-refractivity contribution in [3.8, 4) is 11.5 Å². The van der Waals surface area contributed by atoms with Gasteiger partial charge in [-0.25, -0.2) is 4.68 Å². The van der Waals surface area contributed by atoms with Gasteiger partial charge in [-0.1, -0.05) is 26.8 Å². The van der Waals surface area contributed by atoms with Crippen LogP contribution in [-0.2, 0) is 20.5 Å². The summed E-state index contributed by atoms with van der Waals surface area (Å²) in [5.41, 5.74) is 2.31. The monoisotopic (exact) mass is 512 g/mol. The zero-order valence-electron chi connectivity index (χ0n) is 22.1. The first-order valence-corrected chi connectivity index (χ1v) is 13.7. The quantitative estimate of drug-likeness (QED) is 0.605. The molecule has 5 rings (SSSR count). The van der Waals surface area contributed by atoms with E-state index in [4.69, 9.17) is 14.6 Å². The molecule has 0 aliphatic carbocycles. The molecule has 1 unspecified atom stereocenters. The first kappa shape index (κ1) is 25.0. The Bertz CT molecular complexity index is 1190. The third-order valence-electron chi connectivity index (χ3n) is 6.89. The molecule has 8 nitrogen and oxygen atoms in total. The van der Waals surface area contributed by atoms with Crippen molar-refractivity contribution in [1.29, 1.82) is 0 Å². The maximum Gasteiger partial charge on any atom is 0.242 e. The molecular weight excluding hydrogens is 476 g/mol. The first-order chi connectivity index (χ1) is 16.9. The number of aromatic nitrogens is 2. The number of carbonyl (C=O) groups is 2. The van der Waals surface area contributed by atoms with E-state index >= 15 is 0 Å². The molecule has 36 heavy (non-hydrogen) atoms. The third-order valence-corrected chi connectivity index (χ3v) is 8.14. The number of ether oxygens (including phenoxy) is 2. The molecule has 0 N–H and O–H groups in total. The van der Waals surface area contributed by atoms with Gasteiger partial charge < -0.3 is 14.4 Å². The molecule has 9 heteroatoms. The van der Waals surface area contributed by atoms with E-state index in [2.05, 4.69) is 41.5 Å². The van der Waals surface area contributed by atoms with Gasteiger partial charge in [0.25, 0.3) is 0 Å². The van der Waals surface area contributed by atoms with E-state index in [1.165, 1.54) is 0 Å². The van der Waals surface area contributed by atoms with Gasteiger partial charge in [-0.2, -0.15) is 5.10 Å². The van der Waals surface area contributed by atoms with Crippen LogP contribution < -0.4 is 14.4 Å². The van der Waals surface area contributed by atoms with E-state index in [1.54, 1.807) is 16.7 Å². The molecule has 1 atom stereocenters. The lowest BCUT2D eigenvalue weighted by Crippen LogP contribution is -2.44. The summed E-state index contributed by atoms with van der Waals surface area (Å²) in [7, 11) is 0. The minimum Gasteiger partial charge on any atom is -0.454 e. The summed E-state index contributed by atoms with van der Waals surface area (Å²) >= 11 is 1.58. The standard InChI is InChI=1S/C27H36N4O4S/c1-26(2,3)24-22-23(17-9-10-18-19(13-17)35-16-34-18)36-15-21(33)30(14-20(32)29-11-7-8-12-29)25(22)31(28-24)27(4,5)6/h9-10,13,23H,7-8,11-12,14-16H2,1-6H3. The predicted molar refractivity (Wildman–Crippen MR) is 141 cm³/mol. The van der Waals surface area contributed by atoms with Crippen molar-refractivity contribution in [3.63, 3.8) is 0 Å². The number of rotatable bonds is 3. The molecule has 4 heterocycles. The fourth-order valence-corrected chi connectivity index (χ4v) is 6.27. The predicted octanol–water partition coefficient (Wildman–Crippen LogP) is 4.46. The molecule has 3 aliphatic rings. The van der Waals surface area contributed by atoms with Crippen LogP contribution in [0.15, 0.2) is 18.2 Å². The summed E-state index contributed by atoms with van der Waals surface area (Å²) < 4.78 is 13.2. The highest BCUT2D eigenvalue weighted by Gasteiger charge is 2.42. The van der Waals surface area contributed by atoms with Crippen LogP contribution in [0.2, 0.25) is 0 Å². The van der Waals surface area contributed by atoms with Crippen LogP contribution in [0.4, 0.5) is 5.82 Å². The molecular formula is C27H36N4O4S. The Morgan fingerprint density at radius 2 is 1.78 bits per heavy atom. The van der Waals surface area contributed by atoms with Gasteiger partial charge in [0, 0.05) is 24.1 Å². The molecule has 1 aromatic carbocycles. The van der Waals surface area contributed by atoms with E-state index in [0.29, 0.717) is 5.75 Å². The van der Waals surface area contributed by atoms with Gasteiger partial charge in [0.1, 0.15) is 12.4 Å². The molecule has 2 amide bonds. The number of benzene rings is 1. The fourth-order valence-electron chi connectivity index (χ4n) is 5.08. The van der Waals surface area contributed by atoms with Gasteiger partial charge in [0.15, 0.2) is 11.5 Å². The highest BCUT2D eigenvalue weighted by atomic mass is 32.2. The molecule has 0 radical (unpaired) electrons. The number of likely N-dealkylation sites (tertiary alicyclic amines) is 1. The van der Waals surface area contributed by atoms with Crippen LogP contribution >= 0.6 is 11.8 Å². The van der Waals surface area contributed by atoms with Crippen LogP contribution in [0.3, 0.4) is 0 Å². The van der Waals surface area contributed by atoms with Crippen molar-refractivity contribution in [2.45, 2.75) is 70.6 Å². The number of anilines is 1. The lowest BCUT2D eigenvalue weighted by molar-refractivity contribution is -0.130.